The molecular weight excluding hydrogens is 248 g/mol. The van der Waals surface area contributed by atoms with E-state index in [1.165, 1.54) is 51.9 Å². The fourth-order valence-corrected chi connectivity index (χ4v) is 3.69. The second-order valence-corrected chi connectivity index (χ2v) is 7.27. The van der Waals surface area contributed by atoms with Crippen LogP contribution in [0.5, 0.6) is 0 Å². The van der Waals surface area contributed by atoms with E-state index < -0.39 is 0 Å². The van der Waals surface area contributed by atoms with Crippen LogP contribution in [0, 0.1) is 17.3 Å². The maximum Gasteiger partial charge on any atom is 0.0472 e. The molecule has 0 bridgehead atoms. The third-order valence-electron chi connectivity index (χ3n) is 5.46. The lowest BCUT2D eigenvalue weighted by Gasteiger charge is -2.44. The Bertz CT molecular complexity index is 276. The smallest absolute Gasteiger partial charge is 0.0472 e. The molecule has 0 aromatic rings. The highest BCUT2D eigenvalue weighted by Crippen LogP contribution is 2.33. The molecule has 0 amide bonds. The Kier molecular flexibility index (Phi) is 6.31. The predicted molar refractivity (Wildman–Crippen MR) is 85.0 cm³/mol. The summed E-state index contributed by atoms with van der Waals surface area (Å²) >= 11 is 0. The third kappa shape index (κ3) is 4.44. The van der Waals surface area contributed by atoms with Crippen LogP contribution < -0.4 is 5.32 Å². The molecule has 0 radical (unpaired) electrons. The summed E-state index contributed by atoms with van der Waals surface area (Å²) in [5, 5.41) is 3.67. The summed E-state index contributed by atoms with van der Waals surface area (Å²) in [5.74, 6) is 1.75. The maximum absolute atomic E-state index is 5.61. The van der Waals surface area contributed by atoms with E-state index in [-0.39, 0.29) is 0 Å². The van der Waals surface area contributed by atoms with Crippen LogP contribution in [-0.2, 0) is 4.74 Å². The van der Waals surface area contributed by atoms with Crippen molar-refractivity contribution in [1.29, 1.82) is 0 Å². The standard InChI is InChI=1S/C17H34N2O/c1-4-8-18-13-17(6-10-20-11-7-17)14-19-9-5-15(2)16(3)12-19/h15-16,18H,4-14H2,1-3H3. The Morgan fingerprint density at radius 3 is 2.60 bits per heavy atom. The molecule has 1 N–H and O–H groups in total. The number of rotatable bonds is 6. The van der Waals surface area contributed by atoms with Crippen LogP contribution in [0.3, 0.4) is 0 Å². The normalized spacial score (nSPS) is 31.4. The molecule has 0 spiro atoms. The first-order valence-corrected chi connectivity index (χ1v) is 8.66. The van der Waals surface area contributed by atoms with Crippen LogP contribution in [0.15, 0.2) is 0 Å². The summed E-state index contributed by atoms with van der Waals surface area (Å²) in [6.07, 6.45) is 5.05. The van der Waals surface area contributed by atoms with Crippen LogP contribution in [0.2, 0.25) is 0 Å². The molecule has 118 valence electrons. The van der Waals surface area contributed by atoms with Gasteiger partial charge in [-0.15, -0.1) is 0 Å². The minimum atomic E-state index is 0.452. The van der Waals surface area contributed by atoms with E-state index in [0.717, 1.165) is 31.6 Å². The van der Waals surface area contributed by atoms with E-state index in [9.17, 15) is 0 Å². The van der Waals surface area contributed by atoms with E-state index in [1.54, 1.807) is 0 Å². The minimum absolute atomic E-state index is 0.452. The van der Waals surface area contributed by atoms with Gasteiger partial charge in [0.25, 0.3) is 0 Å². The van der Waals surface area contributed by atoms with Gasteiger partial charge in [-0.2, -0.15) is 0 Å². The average Bonchev–Trinajstić information content (AvgIpc) is 2.44. The van der Waals surface area contributed by atoms with Crippen molar-refractivity contribution in [2.24, 2.45) is 17.3 Å². The quantitative estimate of drug-likeness (QED) is 0.758. The number of nitrogens with one attached hydrogen (secondary N) is 1. The van der Waals surface area contributed by atoms with Gasteiger partial charge < -0.3 is 15.0 Å². The van der Waals surface area contributed by atoms with Crippen molar-refractivity contribution < 1.29 is 4.74 Å². The second-order valence-electron chi connectivity index (χ2n) is 7.27. The van der Waals surface area contributed by atoms with Crippen molar-refractivity contribution in [2.45, 2.75) is 46.5 Å². The number of hydrogen-bond acceptors (Lipinski definition) is 3. The van der Waals surface area contributed by atoms with Gasteiger partial charge in [-0.05, 0) is 56.0 Å². The zero-order chi connectivity index (χ0) is 14.4. The van der Waals surface area contributed by atoms with Crippen molar-refractivity contribution in [2.75, 3.05) is 45.9 Å². The van der Waals surface area contributed by atoms with Gasteiger partial charge in [0.05, 0.1) is 0 Å². The summed E-state index contributed by atoms with van der Waals surface area (Å²) in [5.41, 5.74) is 0.452. The van der Waals surface area contributed by atoms with Gasteiger partial charge in [-0.1, -0.05) is 20.8 Å². The van der Waals surface area contributed by atoms with E-state index in [0.29, 0.717) is 5.41 Å². The number of likely N-dealkylation sites (tertiary alicyclic amines) is 1. The first-order chi connectivity index (χ1) is 9.65. The molecule has 2 fully saturated rings. The lowest BCUT2D eigenvalue weighted by Crippen LogP contribution is -2.50. The van der Waals surface area contributed by atoms with Gasteiger partial charge in [-0.3, -0.25) is 0 Å². The Morgan fingerprint density at radius 2 is 1.95 bits per heavy atom. The lowest BCUT2D eigenvalue weighted by molar-refractivity contribution is -0.0140. The molecule has 2 atom stereocenters. The van der Waals surface area contributed by atoms with E-state index in [1.807, 2.05) is 0 Å². The molecule has 0 aliphatic carbocycles. The average molecular weight is 282 g/mol. The summed E-state index contributed by atoms with van der Waals surface area (Å²) < 4.78 is 5.61. The van der Waals surface area contributed by atoms with Crippen molar-refractivity contribution in [1.82, 2.24) is 10.2 Å². The zero-order valence-electron chi connectivity index (χ0n) is 13.8. The summed E-state index contributed by atoms with van der Waals surface area (Å²) in [4.78, 5) is 2.73. The third-order valence-corrected chi connectivity index (χ3v) is 5.46. The molecule has 2 rings (SSSR count). The molecule has 2 heterocycles. The number of piperidine rings is 1. The van der Waals surface area contributed by atoms with Crippen LogP contribution in [0.1, 0.15) is 46.5 Å². The summed E-state index contributed by atoms with van der Waals surface area (Å²) in [6, 6.07) is 0. The molecule has 3 nitrogen and oxygen atoms in total. The second kappa shape index (κ2) is 7.77. The molecule has 2 aliphatic heterocycles. The summed E-state index contributed by atoms with van der Waals surface area (Å²) in [6.45, 7) is 15.2. The fourth-order valence-electron chi connectivity index (χ4n) is 3.69. The SMILES string of the molecule is CCCNCC1(CN2CCC(C)C(C)C2)CCOCC1. The van der Waals surface area contributed by atoms with E-state index in [4.69, 9.17) is 4.74 Å². The van der Waals surface area contributed by atoms with Crippen LogP contribution in [-0.4, -0.2) is 50.8 Å². The molecule has 2 aliphatic rings. The van der Waals surface area contributed by atoms with Gasteiger partial charge in [0.15, 0.2) is 0 Å². The van der Waals surface area contributed by atoms with Crippen LogP contribution >= 0.6 is 0 Å². The van der Waals surface area contributed by atoms with Gasteiger partial charge in [-0.25, -0.2) is 0 Å². The van der Waals surface area contributed by atoms with Crippen molar-refractivity contribution in [3.63, 3.8) is 0 Å². The first kappa shape index (κ1) is 16.3. The van der Waals surface area contributed by atoms with Gasteiger partial charge in [0.1, 0.15) is 0 Å². The molecule has 20 heavy (non-hydrogen) atoms. The highest BCUT2D eigenvalue weighted by atomic mass is 16.5. The fraction of sp³-hybridized carbons (Fsp3) is 1.00. The van der Waals surface area contributed by atoms with Gasteiger partial charge in [0.2, 0.25) is 0 Å². The van der Waals surface area contributed by atoms with Gasteiger partial charge >= 0.3 is 0 Å². The number of ether oxygens (including phenoxy) is 1. The van der Waals surface area contributed by atoms with Crippen molar-refractivity contribution in [3.05, 3.63) is 0 Å². The highest BCUT2D eigenvalue weighted by Gasteiger charge is 2.35. The van der Waals surface area contributed by atoms with Gasteiger partial charge in [0, 0.05) is 32.8 Å². The van der Waals surface area contributed by atoms with Crippen LogP contribution in [0.4, 0.5) is 0 Å². The Morgan fingerprint density at radius 1 is 1.20 bits per heavy atom. The monoisotopic (exact) mass is 282 g/mol. The van der Waals surface area contributed by atoms with Crippen molar-refractivity contribution in [3.8, 4) is 0 Å². The molecule has 3 heteroatoms. The molecule has 0 aromatic heterocycles. The molecular formula is C17H34N2O. The summed E-state index contributed by atoms with van der Waals surface area (Å²) in [7, 11) is 0. The maximum atomic E-state index is 5.61. The molecule has 2 saturated heterocycles. The number of nitrogens with zero attached hydrogens (tertiary/aromatic N) is 1. The Labute approximate surface area is 125 Å². The predicted octanol–water partition coefficient (Wildman–Crippen LogP) is 2.76. The van der Waals surface area contributed by atoms with Crippen molar-refractivity contribution >= 4 is 0 Å². The van der Waals surface area contributed by atoms with E-state index in [2.05, 4.69) is 31.0 Å². The molecule has 0 saturated carbocycles. The van der Waals surface area contributed by atoms with E-state index >= 15 is 0 Å². The Balaban J connectivity index is 1.89. The highest BCUT2D eigenvalue weighted by molar-refractivity contribution is 4.89. The number of hydrogen-bond donors (Lipinski definition) is 1. The zero-order valence-corrected chi connectivity index (χ0v) is 13.8. The lowest BCUT2D eigenvalue weighted by atomic mass is 9.78. The minimum Gasteiger partial charge on any atom is -0.381 e. The molecule has 0 aromatic carbocycles. The van der Waals surface area contributed by atoms with Crippen LogP contribution in [0.25, 0.3) is 0 Å². The first-order valence-electron chi connectivity index (χ1n) is 8.66. The molecule has 2 unspecified atom stereocenters. The Hall–Kier alpha value is -0.120. The topological polar surface area (TPSA) is 24.5 Å². The largest absolute Gasteiger partial charge is 0.381 e.